The van der Waals surface area contributed by atoms with Crippen LogP contribution in [0.4, 0.5) is 34.1 Å². The Morgan fingerprint density at radius 3 is 1.66 bits per heavy atom. The van der Waals surface area contributed by atoms with Crippen LogP contribution in [0.25, 0.3) is 54.6 Å². The van der Waals surface area contributed by atoms with Crippen LogP contribution in [0.5, 0.6) is 0 Å². The van der Waals surface area contributed by atoms with Crippen LogP contribution in [0, 0.1) is 6.92 Å². The Morgan fingerprint density at radius 2 is 0.986 bits per heavy atom. The Bertz CT molecular complexity index is 4180. The Hall–Kier alpha value is -8.44. The maximum atomic E-state index is 2.70. The smallest absolute Gasteiger partial charge is 0.252 e. The summed E-state index contributed by atoms with van der Waals surface area (Å²) in [7, 11) is -2.91. The second kappa shape index (κ2) is 15.5. The minimum atomic E-state index is -2.91. The van der Waals surface area contributed by atoms with Crippen LogP contribution >= 0.6 is 0 Å². The van der Waals surface area contributed by atoms with Crippen molar-refractivity contribution in [3.63, 3.8) is 0 Å². The van der Waals surface area contributed by atoms with E-state index >= 15 is 0 Å². The van der Waals surface area contributed by atoms with Gasteiger partial charge in [0, 0.05) is 34.1 Å². The van der Waals surface area contributed by atoms with E-state index < -0.39 is 8.07 Å². The molecule has 0 amide bonds. The van der Waals surface area contributed by atoms with E-state index in [-0.39, 0.29) is 12.1 Å². The van der Waals surface area contributed by atoms with Crippen LogP contribution in [0.15, 0.2) is 237 Å². The van der Waals surface area contributed by atoms with Gasteiger partial charge in [-0.15, -0.1) is 0 Å². The average molecular weight is 947 g/mol. The Kier molecular flexibility index (Phi) is 8.99. The number of benzene rings is 12. The molecule has 15 rings (SSSR count). The van der Waals surface area contributed by atoms with Gasteiger partial charge < -0.3 is 9.80 Å². The summed E-state index contributed by atoms with van der Waals surface area (Å²) in [4.78, 5) is 5.30. The first kappa shape index (κ1) is 42.3. The molecule has 0 atom stereocenters. The SMILES string of the molecule is Cc1ccc2c(c1)N(c1cccc(C(C)(C)C)c1)c1cc(-c3ccc4ccc5c(-c6ccccc6)ccc6ccc3c4c65)cc3c1B2c1cccc2c1N3c1ccccc1[Si]2(c1ccccc1)c1ccccc1. The van der Waals surface area contributed by atoms with E-state index in [1.54, 1.807) is 0 Å². The fourth-order valence-electron chi connectivity index (χ4n) is 13.5. The number of rotatable bonds is 5. The molecule has 0 saturated heterocycles. The van der Waals surface area contributed by atoms with Crippen LogP contribution in [0.2, 0.25) is 0 Å². The molecular weight excluding hydrogens is 896 g/mol. The van der Waals surface area contributed by atoms with Crippen molar-refractivity contribution < 1.29 is 0 Å². The zero-order valence-electron chi connectivity index (χ0n) is 41.5. The molecule has 344 valence electrons. The average Bonchev–Trinajstić information content (AvgIpc) is 3.46. The molecule has 4 heteroatoms. The van der Waals surface area contributed by atoms with Crippen molar-refractivity contribution in [1.82, 2.24) is 0 Å². The number of hydrogen-bond acceptors (Lipinski definition) is 2. The summed E-state index contributed by atoms with van der Waals surface area (Å²) in [6.07, 6.45) is 0. The summed E-state index contributed by atoms with van der Waals surface area (Å²) < 4.78 is 0. The Morgan fingerprint density at radius 1 is 0.411 bits per heavy atom. The highest BCUT2D eigenvalue weighted by Gasteiger charge is 2.53. The van der Waals surface area contributed by atoms with Crippen LogP contribution < -0.4 is 46.9 Å². The zero-order chi connectivity index (χ0) is 48.7. The molecule has 0 aromatic heterocycles. The van der Waals surface area contributed by atoms with Gasteiger partial charge in [-0.1, -0.05) is 221 Å². The Balaban J connectivity index is 1.08. The molecular formula is C69H51BN2Si. The molecule has 3 aliphatic rings. The third kappa shape index (κ3) is 5.93. The lowest BCUT2D eigenvalue weighted by molar-refractivity contribution is 0.590. The van der Waals surface area contributed by atoms with Gasteiger partial charge in [0.25, 0.3) is 6.71 Å². The largest absolute Gasteiger partial charge is 0.312 e. The number of hydrogen-bond donors (Lipinski definition) is 0. The molecule has 12 aromatic rings. The van der Waals surface area contributed by atoms with E-state index in [1.807, 2.05) is 0 Å². The van der Waals surface area contributed by atoms with E-state index in [9.17, 15) is 0 Å². The molecule has 3 heterocycles. The molecule has 0 radical (unpaired) electrons. The van der Waals surface area contributed by atoms with Gasteiger partial charge in [0.2, 0.25) is 0 Å². The van der Waals surface area contributed by atoms with Crippen LogP contribution in [-0.2, 0) is 5.41 Å². The third-order valence-corrected chi connectivity index (χ3v) is 21.5. The molecule has 0 bridgehead atoms. The van der Waals surface area contributed by atoms with Gasteiger partial charge in [0.05, 0.1) is 0 Å². The van der Waals surface area contributed by atoms with Crippen molar-refractivity contribution >= 4 is 118 Å². The van der Waals surface area contributed by atoms with Gasteiger partial charge in [0.15, 0.2) is 8.07 Å². The molecule has 0 N–H and O–H groups in total. The predicted octanol–water partition coefficient (Wildman–Crippen LogP) is 13.3. The zero-order valence-corrected chi connectivity index (χ0v) is 42.5. The topological polar surface area (TPSA) is 6.48 Å². The number of anilines is 6. The van der Waals surface area contributed by atoms with Crippen molar-refractivity contribution in [2.45, 2.75) is 33.1 Å². The fraction of sp³-hybridized carbons (Fsp3) is 0.0725. The summed E-state index contributed by atoms with van der Waals surface area (Å²) in [6.45, 7) is 9.22. The highest BCUT2D eigenvalue weighted by molar-refractivity contribution is 7.22. The highest BCUT2D eigenvalue weighted by Crippen LogP contribution is 2.49. The van der Waals surface area contributed by atoms with Crippen LogP contribution in [0.1, 0.15) is 31.9 Å². The summed E-state index contributed by atoms with van der Waals surface area (Å²) in [5, 5.41) is 13.4. The first-order valence-corrected chi connectivity index (χ1v) is 27.9. The van der Waals surface area contributed by atoms with Crippen LogP contribution in [0.3, 0.4) is 0 Å². The number of para-hydroxylation sites is 2. The second-order valence-electron chi connectivity index (χ2n) is 21.7. The van der Waals surface area contributed by atoms with E-state index in [4.69, 9.17) is 0 Å². The fourth-order valence-corrected chi connectivity index (χ4v) is 18.6. The minimum Gasteiger partial charge on any atom is -0.312 e. The van der Waals surface area contributed by atoms with Crippen molar-refractivity contribution in [2.75, 3.05) is 9.80 Å². The lowest BCUT2D eigenvalue weighted by Crippen LogP contribution is -2.79. The highest BCUT2D eigenvalue weighted by atomic mass is 28.3. The van der Waals surface area contributed by atoms with Gasteiger partial charge in [-0.2, -0.15) is 0 Å². The van der Waals surface area contributed by atoms with E-state index in [1.165, 1.54) is 137 Å². The minimum absolute atomic E-state index is 0.0100. The molecule has 12 aromatic carbocycles. The molecule has 73 heavy (non-hydrogen) atoms. The lowest BCUT2D eigenvalue weighted by Gasteiger charge is -2.51. The molecule has 2 nitrogen and oxygen atoms in total. The monoisotopic (exact) mass is 946 g/mol. The van der Waals surface area contributed by atoms with Crippen molar-refractivity contribution in [2.24, 2.45) is 0 Å². The first-order chi connectivity index (χ1) is 35.8. The maximum absolute atomic E-state index is 2.91. The normalized spacial score (nSPS) is 14.1. The van der Waals surface area contributed by atoms with Crippen LogP contribution in [-0.4, -0.2) is 14.8 Å². The van der Waals surface area contributed by atoms with Gasteiger partial charge >= 0.3 is 0 Å². The molecule has 0 unspecified atom stereocenters. The van der Waals surface area contributed by atoms with Crippen molar-refractivity contribution in [3.8, 4) is 22.3 Å². The third-order valence-electron chi connectivity index (χ3n) is 16.6. The first-order valence-electron chi connectivity index (χ1n) is 25.9. The summed E-state index contributed by atoms with van der Waals surface area (Å²) >= 11 is 0. The Labute approximate surface area is 428 Å². The summed E-state index contributed by atoms with van der Waals surface area (Å²) in [6, 6.07) is 90.9. The van der Waals surface area contributed by atoms with E-state index in [0.717, 1.165) is 0 Å². The maximum Gasteiger partial charge on any atom is 0.252 e. The summed E-state index contributed by atoms with van der Waals surface area (Å²) in [5.41, 5.74) is 19.0. The second-order valence-corrected chi connectivity index (χ2v) is 25.4. The number of nitrogens with zero attached hydrogens (tertiary/aromatic N) is 2. The molecule has 0 fully saturated rings. The molecule has 0 saturated carbocycles. The van der Waals surface area contributed by atoms with Gasteiger partial charge in [-0.25, -0.2) is 0 Å². The van der Waals surface area contributed by atoms with E-state index in [2.05, 4.69) is 274 Å². The number of fused-ring (bicyclic) bond motifs is 6. The molecule has 0 aliphatic carbocycles. The molecule has 0 spiro atoms. The van der Waals surface area contributed by atoms with Gasteiger partial charge in [-0.3, -0.25) is 0 Å². The standard InChI is InChI=1S/C69H51BN2Si/c1-44-30-39-57-60(40-44)71(50-21-16-20-49(43-50)69(2,3)4)61-41-48(54-36-32-47-33-37-55-53(45-18-8-5-9-19-45)35-31-46-34-38-56(54)66(47)65(46)55)42-62-67(61)70(57)58-26-17-29-64-68(58)72(62)59-27-14-15-28-63(59)73(64,51-22-10-6-11-23-51)52-24-12-7-13-25-52/h5-43H,1-4H3. The van der Waals surface area contributed by atoms with Gasteiger partial charge in [-0.05, 0) is 152 Å². The van der Waals surface area contributed by atoms with Crippen molar-refractivity contribution in [3.05, 3.63) is 248 Å². The van der Waals surface area contributed by atoms with E-state index in [0.29, 0.717) is 0 Å². The quantitative estimate of drug-likeness (QED) is 0.125. The number of aryl methyl sites for hydroxylation is 1. The predicted molar refractivity (Wildman–Crippen MR) is 316 cm³/mol. The summed E-state index contributed by atoms with van der Waals surface area (Å²) in [5.74, 6) is 0. The lowest BCUT2D eigenvalue weighted by atomic mass is 9.33. The molecule has 3 aliphatic heterocycles. The van der Waals surface area contributed by atoms with Crippen molar-refractivity contribution in [1.29, 1.82) is 0 Å². The van der Waals surface area contributed by atoms with Gasteiger partial charge in [0.1, 0.15) is 0 Å².